The lowest BCUT2D eigenvalue weighted by Crippen LogP contribution is -1.99. The fraction of sp³-hybridized carbons (Fsp3) is 0.417. The molecule has 2 N–H and O–H groups in total. The lowest BCUT2D eigenvalue weighted by molar-refractivity contribution is 0.473. The zero-order chi connectivity index (χ0) is 10.9. The summed E-state index contributed by atoms with van der Waals surface area (Å²) in [6.07, 6.45) is 0. The van der Waals surface area contributed by atoms with Crippen molar-refractivity contribution in [3.63, 3.8) is 0 Å². The molecule has 0 heterocycles. The van der Waals surface area contributed by atoms with Crippen LogP contribution in [0.25, 0.3) is 0 Å². The average Bonchev–Trinajstić information content (AvgIpc) is 2.02. The number of benzene rings is 1. The molecule has 14 heavy (non-hydrogen) atoms. The van der Waals surface area contributed by atoms with Crippen molar-refractivity contribution in [3.8, 4) is 5.75 Å². The molecule has 0 atom stereocenters. The van der Waals surface area contributed by atoms with E-state index in [1.54, 1.807) is 13.0 Å². The molecule has 0 radical (unpaired) electrons. The number of hydrogen-bond acceptors (Lipinski definition) is 2. The Morgan fingerprint density at radius 3 is 2.36 bits per heavy atom. The van der Waals surface area contributed by atoms with Crippen molar-refractivity contribution in [3.05, 3.63) is 28.8 Å². The minimum absolute atomic E-state index is 0.208. The Morgan fingerprint density at radius 1 is 1.36 bits per heavy atom. The molecule has 0 aromatic heterocycles. The quantitative estimate of drug-likeness (QED) is 0.692. The minimum Gasteiger partial charge on any atom is -0.507 e. The van der Waals surface area contributed by atoms with Gasteiger partial charge in [-0.2, -0.15) is 0 Å². The predicted molar refractivity (Wildman–Crippen MR) is 59.4 cm³/mol. The Bertz CT molecular complexity index is 367. The largest absolute Gasteiger partial charge is 0.507 e. The molecule has 0 unspecified atom stereocenters. The molecule has 1 aromatic rings. The summed E-state index contributed by atoms with van der Waals surface area (Å²) < 4.78 is 0. The van der Waals surface area contributed by atoms with Gasteiger partial charge in [0, 0.05) is 11.3 Å². The van der Waals surface area contributed by atoms with Crippen molar-refractivity contribution < 1.29 is 5.11 Å². The van der Waals surface area contributed by atoms with Gasteiger partial charge in [0.2, 0.25) is 0 Å². The van der Waals surface area contributed by atoms with E-state index in [1.807, 2.05) is 13.0 Å². The number of aryl methyl sites for hydroxylation is 1. The van der Waals surface area contributed by atoms with E-state index in [4.69, 9.17) is 5.41 Å². The topological polar surface area (TPSA) is 44.1 Å². The minimum atomic E-state index is 0.208. The SMILES string of the molecule is CC(=N)c1cc(C(C)C)c(C)cc1O. The van der Waals surface area contributed by atoms with Gasteiger partial charge in [-0.1, -0.05) is 13.8 Å². The first-order valence-electron chi connectivity index (χ1n) is 4.82. The van der Waals surface area contributed by atoms with E-state index >= 15 is 0 Å². The molecule has 0 aliphatic heterocycles. The predicted octanol–water partition coefficient (Wildman–Crippen LogP) is 3.21. The van der Waals surface area contributed by atoms with Crippen molar-refractivity contribution in [2.24, 2.45) is 0 Å². The average molecular weight is 191 g/mol. The molecule has 0 saturated heterocycles. The third-order valence-electron chi connectivity index (χ3n) is 2.41. The lowest BCUT2D eigenvalue weighted by Gasteiger charge is -2.13. The molecular formula is C12H17NO. The van der Waals surface area contributed by atoms with Crippen LogP contribution in [-0.2, 0) is 0 Å². The molecule has 0 fully saturated rings. The highest BCUT2D eigenvalue weighted by Crippen LogP contribution is 2.27. The van der Waals surface area contributed by atoms with Crippen LogP contribution in [0.4, 0.5) is 0 Å². The van der Waals surface area contributed by atoms with Crippen LogP contribution in [0.5, 0.6) is 5.75 Å². The summed E-state index contributed by atoms with van der Waals surface area (Å²) in [7, 11) is 0. The number of aromatic hydroxyl groups is 1. The molecule has 2 nitrogen and oxygen atoms in total. The van der Waals surface area contributed by atoms with E-state index in [9.17, 15) is 5.11 Å². The summed E-state index contributed by atoms with van der Waals surface area (Å²) in [6, 6.07) is 3.65. The highest BCUT2D eigenvalue weighted by atomic mass is 16.3. The van der Waals surface area contributed by atoms with E-state index in [-0.39, 0.29) is 5.75 Å². The molecule has 76 valence electrons. The molecule has 0 spiro atoms. The van der Waals surface area contributed by atoms with Gasteiger partial charge >= 0.3 is 0 Å². The first-order valence-corrected chi connectivity index (χ1v) is 4.82. The summed E-state index contributed by atoms with van der Waals surface area (Å²) in [5.74, 6) is 0.633. The maximum Gasteiger partial charge on any atom is 0.124 e. The van der Waals surface area contributed by atoms with Crippen LogP contribution in [0.3, 0.4) is 0 Å². The fourth-order valence-corrected chi connectivity index (χ4v) is 1.63. The zero-order valence-corrected chi connectivity index (χ0v) is 9.18. The molecule has 0 bridgehead atoms. The van der Waals surface area contributed by atoms with E-state index in [1.165, 1.54) is 5.56 Å². The Morgan fingerprint density at radius 2 is 1.93 bits per heavy atom. The molecule has 0 amide bonds. The van der Waals surface area contributed by atoms with E-state index in [2.05, 4.69) is 13.8 Å². The van der Waals surface area contributed by atoms with Crippen LogP contribution in [0.15, 0.2) is 12.1 Å². The van der Waals surface area contributed by atoms with Gasteiger partial charge in [-0.3, -0.25) is 0 Å². The second-order valence-corrected chi connectivity index (χ2v) is 4.01. The van der Waals surface area contributed by atoms with Crippen LogP contribution in [0, 0.1) is 12.3 Å². The molecule has 1 aromatic carbocycles. The van der Waals surface area contributed by atoms with E-state index in [0.717, 1.165) is 5.56 Å². The molecular weight excluding hydrogens is 174 g/mol. The van der Waals surface area contributed by atoms with Crippen molar-refractivity contribution in [2.45, 2.75) is 33.6 Å². The second-order valence-electron chi connectivity index (χ2n) is 4.01. The Balaban J connectivity index is 3.34. The molecule has 1 rings (SSSR count). The van der Waals surface area contributed by atoms with Gasteiger partial charge in [-0.15, -0.1) is 0 Å². The van der Waals surface area contributed by atoms with E-state index < -0.39 is 0 Å². The number of phenols is 1. The standard InChI is InChI=1S/C12H17NO/c1-7(2)10-6-11(9(4)13)12(14)5-8(10)3/h5-7,13-14H,1-4H3. The summed E-state index contributed by atoms with van der Waals surface area (Å²) in [5.41, 5.74) is 3.33. The maximum atomic E-state index is 9.63. The van der Waals surface area contributed by atoms with Crippen LogP contribution < -0.4 is 0 Å². The van der Waals surface area contributed by atoms with Crippen LogP contribution in [0.2, 0.25) is 0 Å². The van der Waals surface area contributed by atoms with Gasteiger partial charge < -0.3 is 10.5 Å². The van der Waals surface area contributed by atoms with Gasteiger partial charge in [0.25, 0.3) is 0 Å². The second kappa shape index (κ2) is 3.82. The van der Waals surface area contributed by atoms with Crippen molar-refractivity contribution in [2.75, 3.05) is 0 Å². The van der Waals surface area contributed by atoms with Crippen LogP contribution >= 0.6 is 0 Å². The summed E-state index contributed by atoms with van der Waals surface area (Å²) in [6.45, 7) is 7.90. The van der Waals surface area contributed by atoms with Gasteiger partial charge in [0.05, 0.1) is 0 Å². The molecule has 2 heteroatoms. The third-order valence-corrected chi connectivity index (χ3v) is 2.41. The molecule has 0 aliphatic carbocycles. The van der Waals surface area contributed by atoms with Crippen LogP contribution in [-0.4, -0.2) is 10.8 Å². The number of nitrogens with one attached hydrogen (secondary N) is 1. The summed E-state index contributed by atoms with van der Waals surface area (Å²) in [5, 5.41) is 17.2. The smallest absolute Gasteiger partial charge is 0.124 e. The van der Waals surface area contributed by atoms with Crippen molar-refractivity contribution in [1.29, 1.82) is 5.41 Å². The summed E-state index contributed by atoms with van der Waals surface area (Å²) in [4.78, 5) is 0. The number of rotatable bonds is 2. The highest BCUT2D eigenvalue weighted by Gasteiger charge is 2.10. The number of phenolic OH excluding ortho intramolecular Hbond substituents is 1. The Kier molecular flexibility index (Phi) is 2.94. The van der Waals surface area contributed by atoms with Crippen LogP contribution in [0.1, 0.15) is 43.4 Å². The zero-order valence-electron chi connectivity index (χ0n) is 9.18. The van der Waals surface area contributed by atoms with Gasteiger partial charge in [0.1, 0.15) is 5.75 Å². The van der Waals surface area contributed by atoms with Gasteiger partial charge in [0.15, 0.2) is 0 Å². The molecule has 0 saturated carbocycles. The highest BCUT2D eigenvalue weighted by molar-refractivity contribution is 5.99. The monoisotopic (exact) mass is 191 g/mol. The first kappa shape index (κ1) is 10.8. The van der Waals surface area contributed by atoms with E-state index in [0.29, 0.717) is 17.2 Å². The third kappa shape index (κ3) is 1.95. The normalized spacial score (nSPS) is 10.6. The number of hydrogen-bond donors (Lipinski definition) is 2. The lowest BCUT2D eigenvalue weighted by atomic mass is 9.94. The summed E-state index contributed by atoms with van der Waals surface area (Å²) >= 11 is 0. The maximum absolute atomic E-state index is 9.63. The molecule has 0 aliphatic rings. The van der Waals surface area contributed by atoms with Gasteiger partial charge in [-0.25, -0.2) is 0 Å². The fourth-order valence-electron chi connectivity index (χ4n) is 1.63. The Hall–Kier alpha value is -1.31. The first-order chi connectivity index (χ1) is 6.43. The van der Waals surface area contributed by atoms with Gasteiger partial charge in [-0.05, 0) is 43.0 Å². The van der Waals surface area contributed by atoms with Crippen molar-refractivity contribution >= 4 is 5.71 Å². The van der Waals surface area contributed by atoms with Crippen molar-refractivity contribution in [1.82, 2.24) is 0 Å². The Labute approximate surface area is 85.1 Å².